The molecule has 0 aliphatic heterocycles. The van der Waals surface area contributed by atoms with Gasteiger partial charge in [-0.25, -0.2) is 13.1 Å². The molecular weight excluding hydrogens is 339 g/mol. The number of halogens is 3. The third-order valence-electron chi connectivity index (χ3n) is 2.66. The fourth-order valence-corrected chi connectivity index (χ4v) is 4.43. The van der Waals surface area contributed by atoms with Gasteiger partial charge in [-0.05, 0) is 32.0 Å². The van der Waals surface area contributed by atoms with E-state index in [0.717, 1.165) is 22.1 Å². The number of hydrogen-bond acceptors (Lipinski definition) is 4. The zero-order valence-electron chi connectivity index (χ0n) is 12.0. The molecule has 2 aromatic heterocycles. The number of alkyl halides is 3. The van der Waals surface area contributed by atoms with Crippen molar-refractivity contribution in [3.05, 3.63) is 23.9 Å². The Labute approximate surface area is 129 Å². The molecule has 0 fully saturated rings. The molecule has 0 saturated heterocycles. The summed E-state index contributed by atoms with van der Waals surface area (Å²) in [5.41, 5.74) is -0.800. The lowest BCUT2D eigenvalue weighted by molar-refractivity contribution is -0.141. The number of aryl methyl sites for hydroxylation is 1. The molecule has 0 saturated carbocycles. The second-order valence-corrected chi connectivity index (χ2v) is 7.96. The zero-order chi connectivity index (χ0) is 16.7. The molecule has 0 amide bonds. The van der Waals surface area contributed by atoms with Crippen molar-refractivity contribution in [2.75, 3.05) is 0 Å². The van der Waals surface area contributed by atoms with E-state index in [1.807, 2.05) is 0 Å². The van der Waals surface area contributed by atoms with Gasteiger partial charge in [-0.15, -0.1) is 11.3 Å². The highest BCUT2D eigenvalue weighted by Crippen LogP contribution is 2.35. The van der Waals surface area contributed by atoms with Gasteiger partial charge in [0.05, 0.1) is 10.6 Å². The van der Waals surface area contributed by atoms with Gasteiger partial charge in [-0.2, -0.15) is 18.3 Å². The predicted octanol–water partition coefficient (Wildman–Crippen LogP) is 2.85. The average molecular weight is 353 g/mol. The minimum Gasteiger partial charge on any atom is -0.267 e. The molecule has 122 valence electrons. The highest BCUT2D eigenvalue weighted by molar-refractivity contribution is 7.91. The van der Waals surface area contributed by atoms with Crippen LogP contribution in [0.4, 0.5) is 13.2 Å². The number of hydrogen-bond donors (Lipinski definition) is 1. The van der Waals surface area contributed by atoms with Crippen LogP contribution in [0.5, 0.6) is 0 Å². The molecule has 10 heteroatoms. The van der Waals surface area contributed by atoms with E-state index in [0.29, 0.717) is 4.88 Å². The Kier molecular flexibility index (Phi) is 4.37. The van der Waals surface area contributed by atoms with E-state index in [9.17, 15) is 21.6 Å². The Hall–Kier alpha value is -1.39. The molecule has 1 N–H and O–H groups in total. The molecule has 0 spiro atoms. The van der Waals surface area contributed by atoms with E-state index in [2.05, 4.69) is 9.82 Å². The topological polar surface area (TPSA) is 64.0 Å². The van der Waals surface area contributed by atoms with Gasteiger partial charge in [0.2, 0.25) is 10.0 Å². The molecule has 0 aliphatic carbocycles. The second kappa shape index (κ2) is 5.67. The summed E-state index contributed by atoms with van der Waals surface area (Å²) < 4.78 is 65.6. The normalized spacial score (nSPS) is 13.0. The maximum Gasteiger partial charge on any atom is 0.435 e. The summed E-state index contributed by atoms with van der Waals surface area (Å²) in [4.78, 5) is 0.398. The van der Waals surface area contributed by atoms with Crippen LogP contribution in [0.15, 0.2) is 22.4 Å². The third kappa shape index (κ3) is 3.50. The minimum atomic E-state index is -4.54. The Balaban J connectivity index is 2.39. The van der Waals surface area contributed by atoms with Crippen molar-refractivity contribution < 1.29 is 21.6 Å². The van der Waals surface area contributed by atoms with Gasteiger partial charge < -0.3 is 0 Å². The summed E-state index contributed by atoms with van der Waals surface area (Å²) in [6, 6.07) is 3.46. The number of nitrogens with zero attached hydrogens (tertiary/aromatic N) is 2. The van der Waals surface area contributed by atoms with Gasteiger partial charge in [-0.1, -0.05) is 0 Å². The van der Waals surface area contributed by atoms with Crippen molar-refractivity contribution >= 4 is 21.4 Å². The Bertz CT molecular complexity index is 776. The van der Waals surface area contributed by atoms with E-state index >= 15 is 0 Å². The van der Waals surface area contributed by atoms with Gasteiger partial charge in [0, 0.05) is 13.1 Å². The van der Waals surface area contributed by atoms with E-state index in [4.69, 9.17) is 0 Å². The molecule has 0 aromatic carbocycles. The van der Waals surface area contributed by atoms with Gasteiger partial charge >= 0.3 is 6.18 Å². The maximum atomic E-state index is 12.7. The van der Waals surface area contributed by atoms with Crippen LogP contribution < -0.4 is 4.72 Å². The first-order valence-electron chi connectivity index (χ1n) is 6.24. The molecular formula is C12H14F3N3O2S2. The van der Waals surface area contributed by atoms with Crippen LogP contribution in [0.3, 0.4) is 0 Å². The Morgan fingerprint density at radius 1 is 1.32 bits per heavy atom. The van der Waals surface area contributed by atoms with Crippen molar-refractivity contribution in [1.29, 1.82) is 0 Å². The molecule has 2 heterocycles. The SMILES string of the molecule is CC(C)NS(=O)(=O)c1ccc(-c2cc(C(F)(F)F)nn2C)s1. The lowest BCUT2D eigenvalue weighted by Crippen LogP contribution is -2.29. The number of sulfonamides is 1. The smallest absolute Gasteiger partial charge is 0.267 e. The number of nitrogens with one attached hydrogen (secondary N) is 1. The van der Waals surface area contributed by atoms with Crippen molar-refractivity contribution in [3.63, 3.8) is 0 Å². The molecule has 0 bridgehead atoms. The lowest BCUT2D eigenvalue weighted by atomic mass is 10.3. The van der Waals surface area contributed by atoms with Crippen LogP contribution in [-0.4, -0.2) is 24.2 Å². The van der Waals surface area contributed by atoms with Crippen molar-refractivity contribution in [1.82, 2.24) is 14.5 Å². The van der Waals surface area contributed by atoms with Crippen LogP contribution in [0.25, 0.3) is 10.6 Å². The Morgan fingerprint density at radius 2 is 1.95 bits per heavy atom. The predicted molar refractivity (Wildman–Crippen MR) is 77.0 cm³/mol. The van der Waals surface area contributed by atoms with Gasteiger partial charge in [-0.3, -0.25) is 4.68 Å². The first-order valence-corrected chi connectivity index (χ1v) is 8.54. The number of rotatable bonds is 4. The molecule has 0 aliphatic rings. The van der Waals surface area contributed by atoms with Crippen LogP contribution in [0, 0.1) is 0 Å². The van der Waals surface area contributed by atoms with E-state index in [1.165, 1.54) is 19.2 Å². The Morgan fingerprint density at radius 3 is 2.45 bits per heavy atom. The molecule has 0 unspecified atom stereocenters. The van der Waals surface area contributed by atoms with E-state index < -0.39 is 21.9 Å². The summed E-state index contributed by atoms with van der Waals surface area (Å²) in [6.07, 6.45) is -4.54. The standard InChI is InChI=1S/C12H14F3N3O2S2/c1-7(2)17-22(19,20)11-5-4-9(21-11)8-6-10(12(13,14)15)16-18(8)3/h4-7,17H,1-3H3. The first-order chi connectivity index (χ1) is 10.0. The average Bonchev–Trinajstić information content (AvgIpc) is 2.92. The van der Waals surface area contributed by atoms with E-state index in [1.54, 1.807) is 13.8 Å². The minimum absolute atomic E-state index is 0.0472. The van der Waals surface area contributed by atoms with Gasteiger partial charge in [0.1, 0.15) is 4.21 Å². The molecule has 22 heavy (non-hydrogen) atoms. The summed E-state index contributed by atoms with van der Waals surface area (Å²) in [5.74, 6) is 0. The summed E-state index contributed by atoms with van der Waals surface area (Å²) in [7, 11) is -2.28. The molecule has 0 radical (unpaired) electrons. The van der Waals surface area contributed by atoms with Crippen LogP contribution in [-0.2, 0) is 23.2 Å². The highest BCUT2D eigenvalue weighted by Gasteiger charge is 2.35. The quantitative estimate of drug-likeness (QED) is 0.919. The van der Waals surface area contributed by atoms with Crippen molar-refractivity contribution in [2.45, 2.75) is 30.3 Å². The third-order valence-corrected chi connectivity index (χ3v) is 5.92. The summed E-state index contributed by atoms with van der Waals surface area (Å²) in [6.45, 7) is 3.37. The second-order valence-electron chi connectivity index (χ2n) is 4.93. The molecule has 2 aromatic rings. The first kappa shape index (κ1) is 17.0. The lowest BCUT2D eigenvalue weighted by Gasteiger charge is -2.06. The van der Waals surface area contributed by atoms with Gasteiger partial charge in [0.15, 0.2) is 5.69 Å². The van der Waals surface area contributed by atoms with E-state index in [-0.39, 0.29) is 15.9 Å². The highest BCUT2D eigenvalue weighted by atomic mass is 32.2. The molecule has 2 rings (SSSR count). The molecule has 5 nitrogen and oxygen atoms in total. The van der Waals surface area contributed by atoms with Crippen molar-refractivity contribution in [3.8, 4) is 10.6 Å². The number of aromatic nitrogens is 2. The zero-order valence-corrected chi connectivity index (χ0v) is 13.6. The van der Waals surface area contributed by atoms with Crippen molar-refractivity contribution in [2.24, 2.45) is 7.05 Å². The van der Waals surface area contributed by atoms with Crippen LogP contribution in [0.2, 0.25) is 0 Å². The van der Waals surface area contributed by atoms with Crippen LogP contribution >= 0.6 is 11.3 Å². The molecule has 0 atom stereocenters. The van der Waals surface area contributed by atoms with Crippen LogP contribution in [0.1, 0.15) is 19.5 Å². The summed E-state index contributed by atoms with van der Waals surface area (Å²) in [5, 5.41) is 3.41. The maximum absolute atomic E-state index is 12.7. The van der Waals surface area contributed by atoms with Gasteiger partial charge in [0.25, 0.3) is 0 Å². The monoisotopic (exact) mass is 353 g/mol. The fraction of sp³-hybridized carbons (Fsp3) is 0.417. The summed E-state index contributed by atoms with van der Waals surface area (Å²) >= 11 is 0.894. The number of thiophene rings is 1. The fourth-order valence-electron chi connectivity index (χ4n) is 1.81. The largest absolute Gasteiger partial charge is 0.435 e.